The fourth-order valence-electron chi connectivity index (χ4n) is 3.44. The molecule has 3 rings (SSSR count). The van der Waals surface area contributed by atoms with Crippen LogP contribution in [0.5, 0.6) is 0 Å². The lowest BCUT2D eigenvalue weighted by Gasteiger charge is -2.36. The highest BCUT2D eigenvalue weighted by molar-refractivity contribution is 14.0. The third kappa shape index (κ3) is 5.90. The van der Waals surface area contributed by atoms with Crippen LogP contribution >= 0.6 is 35.6 Å². The van der Waals surface area contributed by atoms with E-state index in [1.54, 1.807) is 0 Å². The molecule has 2 fully saturated rings. The molecule has 1 saturated carbocycles. The molecule has 0 spiro atoms. The molecule has 0 bridgehead atoms. The normalized spacial score (nSPS) is 18.6. The van der Waals surface area contributed by atoms with Crippen molar-refractivity contribution in [3.05, 3.63) is 29.3 Å². The first-order valence-corrected chi connectivity index (χ1v) is 9.34. The van der Waals surface area contributed by atoms with Gasteiger partial charge < -0.3 is 20.9 Å². The van der Waals surface area contributed by atoms with Crippen LogP contribution in [0.25, 0.3) is 0 Å². The van der Waals surface area contributed by atoms with E-state index in [0.29, 0.717) is 25.1 Å². The van der Waals surface area contributed by atoms with Gasteiger partial charge in [-0.05, 0) is 37.1 Å². The highest BCUT2D eigenvalue weighted by Crippen LogP contribution is 2.19. The SMILES string of the molecule is I.NC(=NCC(=O)N1CCN(c2ccc(Cl)cc2)CC1)NC1CCCC1. The van der Waals surface area contributed by atoms with Gasteiger partial charge in [-0.1, -0.05) is 24.4 Å². The molecular formula is C18H27ClIN5O. The zero-order valence-corrected chi connectivity index (χ0v) is 18.0. The van der Waals surface area contributed by atoms with Crippen LogP contribution in [0.1, 0.15) is 25.7 Å². The van der Waals surface area contributed by atoms with Crippen molar-refractivity contribution in [1.29, 1.82) is 0 Å². The van der Waals surface area contributed by atoms with Crippen LogP contribution in [0.15, 0.2) is 29.3 Å². The van der Waals surface area contributed by atoms with Gasteiger partial charge >= 0.3 is 0 Å². The van der Waals surface area contributed by atoms with E-state index >= 15 is 0 Å². The number of rotatable bonds is 4. The van der Waals surface area contributed by atoms with Crippen LogP contribution in [-0.4, -0.2) is 55.5 Å². The Hall–Kier alpha value is -1.22. The topological polar surface area (TPSA) is 74.0 Å². The van der Waals surface area contributed by atoms with Gasteiger partial charge in [0.25, 0.3) is 0 Å². The van der Waals surface area contributed by atoms with Gasteiger partial charge in [-0.2, -0.15) is 0 Å². The van der Waals surface area contributed by atoms with Gasteiger partial charge in [0.1, 0.15) is 6.54 Å². The second-order valence-corrected chi connectivity index (χ2v) is 7.11. The number of benzene rings is 1. The number of amides is 1. The summed E-state index contributed by atoms with van der Waals surface area (Å²) in [7, 11) is 0. The first-order valence-electron chi connectivity index (χ1n) is 8.96. The number of piperazine rings is 1. The number of carbonyl (C=O) groups excluding carboxylic acids is 1. The second kappa shape index (κ2) is 10.2. The van der Waals surface area contributed by atoms with E-state index in [4.69, 9.17) is 17.3 Å². The fraction of sp³-hybridized carbons (Fsp3) is 0.556. The third-order valence-electron chi connectivity index (χ3n) is 4.92. The Balaban J connectivity index is 0.00000243. The smallest absolute Gasteiger partial charge is 0.244 e. The van der Waals surface area contributed by atoms with Gasteiger partial charge in [-0.3, -0.25) is 4.79 Å². The van der Waals surface area contributed by atoms with E-state index in [0.717, 1.165) is 36.6 Å². The van der Waals surface area contributed by atoms with E-state index in [1.807, 2.05) is 29.2 Å². The number of anilines is 1. The minimum Gasteiger partial charge on any atom is -0.370 e. The molecule has 144 valence electrons. The molecule has 0 unspecified atom stereocenters. The largest absolute Gasteiger partial charge is 0.370 e. The highest BCUT2D eigenvalue weighted by Gasteiger charge is 2.21. The van der Waals surface area contributed by atoms with Crippen molar-refractivity contribution < 1.29 is 4.79 Å². The summed E-state index contributed by atoms with van der Waals surface area (Å²) in [6, 6.07) is 8.23. The highest BCUT2D eigenvalue weighted by atomic mass is 127. The second-order valence-electron chi connectivity index (χ2n) is 6.67. The number of guanidine groups is 1. The molecule has 0 atom stereocenters. The summed E-state index contributed by atoms with van der Waals surface area (Å²) in [4.78, 5) is 20.7. The fourth-order valence-corrected chi connectivity index (χ4v) is 3.57. The first kappa shape index (κ1) is 21.1. The minimum atomic E-state index is 0. The molecule has 3 N–H and O–H groups in total. The number of halogens is 2. The van der Waals surface area contributed by atoms with Gasteiger partial charge in [0.15, 0.2) is 5.96 Å². The van der Waals surface area contributed by atoms with Crippen LogP contribution in [0.3, 0.4) is 0 Å². The van der Waals surface area contributed by atoms with Crippen molar-refractivity contribution in [2.24, 2.45) is 10.7 Å². The summed E-state index contributed by atoms with van der Waals surface area (Å²) in [5.41, 5.74) is 7.03. The van der Waals surface area contributed by atoms with Gasteiger partial charge in [0, 0.05) is 42.9 Å². The molecule has 0 radical (unpaired) electrons. The lowest BCUT2D eigenvalue weighted by Crippen LogP contribution is -2.49. The maximum atomic E-state index is 12.3. The Kier molecular flexibility index (Phi) is 8.27. The predicted molar refractivity (Wildman–Crippen MR) is 118 cm³/mol. The zero-order valence-electron chi connectivity index (χ0n) is 14.9. The van der Waals surface area contributed by atoms with Gasteiger partial charge in [0.2, 0.25) is 5.91 Å². The maximum Gasteiger partial charge on any atom is 0.244 e. The van der Waals surface area contributed by atoms with Gasteiger partial charge in [-0.25, -0.2) is 4.99 Å². The number of hydrogen-bond donors (Lipinski definition) is 2. The van der Waals surface area contributed by atoms with Crippen molar-refractivity contribution in [3.8, 4) is 0 Å². The Morgan fingerprint density at radius 2 is 1.77 bits per heavy atom. The predicted octanol–water partition coefficient (Wildman–Crippen LogP) is 2.45. The van der Waals surface area contributed by atoms with Crippen molar-refractivity contribution in [3.63, 3.8) is 0 Å². The molecule has 1 aromatic rings. The van der Waals surface area contributed by atoms with Gasteiger partial charge in [-0.15, -0.1) is 24.0 Å². The Morgan fingerprint density at radius 3 is 2.38 bits per heavy atom. The quantitative estimate of drug-likeness (QED) is 0.385. The summed E-state index contributed by atoms with van der Waals surface area (Å²) >= 11 is 5.93. The van der Waals surface area contributed by atoms with Crippen LogP contribution in [0.4, 0.5) is 5.69 Å². The molecule has 1 aliphatic carbocycles. The third-order valence-corrected chi connectivity index (χ3v) is 5.17. The van der Waals surface area contributed by atoms with E-state index in [2.05, 4.69) is 15.2 Å². The summed E-state index contributed by atoms with van der Waals surface area (Å²) < 4.78 is 0. The molecule has 2 aliphatic rings. The van der Waals surface area contributed by atoms with Crippen molar-refractivity contribution in [2.45, 2.75) is 31.7 Å². The number of nitrogens with two attached hydrogens (primary N) is 1. The Labute approximate surface area is 177 Å². The zero-order chi connectivity index (χ0) is 17.6. The molecule has 1 amide bonds. The molecule has 1 heterocycles. The van der Waals surface area contributed by atoms with Crippen molar-refractivity contribution in [2.75, 3.05) is 37.6 Å². The summed E-state index contributed by atoms with van der Waals surface area (Å²) in [6.07, 6.45) is 4.75. The molecule has 26 heavy (non-hydrogen) atoms. The molecule has 0 aromatic heterocycles. The summed E-state index contributed by atoms with van der Waals surface area (Å²) in [6.45, 7) is 3.15. The lowest BCUT2D eigenvalue weighted by atomic mass is 10.2. The molecule has 6 nitrogen and oxygen atoms in total. The minimum absolute atomic E-state index is 0. The molecule has 1 aromatic carbocycles. The summed E-state index contributed by atoms with van der Waals surface area (Å²) in [5.74, 6) is 0.423. The number of carbonyl (C=O) groups is 1. The summed E-state index contributed by atoms with van der Waals surface area (Å²) in [5, 5.41) is 3.94. The number of hydrogen-bond acceptors (Lipinski definition) is 3. The molecular weight excluding hydrogens is 465 g/mol. The number of nitrogens with one attached hydrogen (secondary N) is 1. The Bertz CT molecular complexity index is 611. The average molecular weight is 492 g/mol. The van der Waals surface area contributed by atoms with Crippen molar-refractivity contribution in [1.82, 2.24) is 10.2 Å². The van der Waals surface area contributed by atoms with E-state index in [-0.39, 0.29) is 36.4 Å². The number of aliphatic imine (C=N–C) groups is 1. The lowest BCUT2D eigenvalue weighted by molar-refractivity contribution is -0.129. The van der Waals surface area contributed by atoms with Gasteiger partial charge in [0.05, 0.1) is 0 Å². The standard InChI is InChI=1S/C18H26ClN5O.HI/c19-14-5-7-16(8-6-14)23-9-11-24(12-10-23)17(25)13-21-18(20)22-15-3-1-2-4-15;/h5-8,15H,1-4,9-13H2,(H3,20,21,22);1H. The van der Waals surface area contributed by atoms with E-state index in [9.17, 15) is 4.79 Å². The Morgan fingerprint density at radius 1 is 1.15 bits per heavy atom. The van der Waals surface area contributed by atoms with Crippen LogP contribution in [0.2, 0.25) is 5.02 Å². The van der Waals surface area contributed by atoms with E-state index < -0.39 is 0 Å². The molecule has 1 saturated heterocycles. The monoisotopic (exact) mass is 491 g/mol. The first-order chi connectivity index (χ1) is 12.1. The van der Waals surface area contributed by atoms with E-state index in [1.165, 1.54) is 12.8 Å². The molecule has 8 heteroatoms. The van der Waals surface area contributed by atoms with Crippen LogP contribution in [0, 0.1) is 0 Å². The average Bonchev–Trinajstić information content (AvgIpc) is 3.13. The van der Waals surface area contributed by atoms with Crippen molar-refractivity contribution >= 4 is 53.1 Å². The van der Waals surface area contributed by atoms with Crippen LogP contribution in [-0.2, 0) is 4.79 Å². The van der Waals surface area contributed by atoms with Crippen LogP contribution < -0.4 is 16.0 Å². The molecule has 1 aliphatic heterocycles. The maximum absolute atomic E-state index is 12.3. The number of nitrogens with zero attached hydrogens (tertiary/aromatic N) is 3.